The second kappa shape index (κ2) is 5.49. The molecule has 17 heavy (non-hydrogen) atoms. The Kier molecular flexibility index (Phi) is 4.51. The van der Waals surface area contributed by atoms with E-state index in [1.165, 1.54) is 6.07 Å². The van der Waals surface area contributed by atoms with Crippen LogP contribution in [0.3, 0.4) is 0 Å². The highest BCUT2D eigenvalue weighted by molar-refractivity contribution is 9.09. The van der Waals surface area contributed by atoms with Gasteiger partial charge in [-0.05, 0) is 17.5 Å². The molecule has 0 aromatic heterocycles. The van der Waals surface area contributed by atoms with Crippen LogP contribution >= 0.6 is 15.9 Å². The summed E-state index contributed by atoms with van der Waals surface area (Å²) in [6.45, 7) is 4.45. The average Bonchev–Trinajstić information content (AvgIpc) is 2.26. The summed E-state index contributed by atoms with van der Waals surface area (Å²) in [6, 6.07) is 3.33. The number of rotatable bonds is 4. The molecule has 0 aliphatic rings. The monoisotopic (exact) mass is 303 g/mol. The molecule has 0 fully saturated rings. The Labute approximate surface area is 108 Å². The number of carbonyl (C=O) groups excluding carboxylic acids is 1. The summed E-state index contributed by atoms with van der Waals surface area (Å²) in [5.74, 6) is -1.32. The van der Waals surface area contributed by atoms with Crippen LogP contribution < -0.4 is 5.32 Å². The zero-order valence-corrected chi connectivity index (χ0v) is 11.3. The van der Waals surface area contributed by atoms with Crippen molar-refractivity contribution in [3.63, 3.8) is 0 Å². The van der Waals surface area contributed by atoms with Gasteiger partial charge in [-0.2, -0.15) is 0 Å². The number of alkyl halides is 1. The van der Waals surface area contributed by atoms with Crippen molar-refractivity contribution in [1.29, 1.82) is 0 Å². The molecule has 1 amide bonds. The lowest BCUT2D eigenvalue weighted by Crippen LogP contribution is -2.34. The van der Waals surface area contributed by atoms with Crippen LogP contribution in [0, 0.1) is 11.2 Å². The van der Waals surface area contributed by atoms with Crippen molar-refractivity contribution in [2.75, 3.05) is 11.9 Å². The Balaban J connectivity index is 2.71. The lowest BCUT2D eigenvalue weighted by atomic mass is 9.96. The lowest BCUT2D eigenvalue weighted by Gasteiger charge is -2.21. The highest BCUT2D eigenvalue weighted by Gasteiger charge is 2.19. The minimum atomic E-state index is -0.570. The van der Waals surface area contributed by atoms with E-state index in [9.17, 15) is 14.3 Å². The first-order valence-corrected chi connectivity index (χ1v) is 6.30. The zero-order valence-electron chi connectivity index (χ0n) is 9.76. The normalized spacial score (nSPS) is 11.3. The molecule has 0 radical (unpaired) electrons. The van der Waals surface area contributed by atoms with Crippen molar-refractivity contribution >= 4 is 21.8 Å². The topological polar surface area (TPSA) is 49.3 Å². The van der Waals surface area contributed by atoms with E-state index in [1.54, 1.807) is 0 Å². The molecule has 1 aromatic rings. The quantitative estimate of drug-likeness (QED) is 0.840. The molecule has 94 valence electrons. The number of phenolic OH excluding ortho intramolecular Hbond substituents is 1. The van der Waals surface area contributed by atoms with Crippen molar-refractivity contribution in [3.05, 3.63) is 29.6 Å². The van der Waals surface area contributed by atoms with Crippen molar-refractivity contribution in [2.24, 2.45) is 5.41 Å². The largest absolute Gasteiger partial charge is 0.507 e. The van der Waals surface area contributed by atoms with E-state index < -0.39 is 11.7 Å². The number of carbonyl (C=O) groups is 1. The third-order valence-corrected chi connectivity index (χ3v) is 3.81. The Morgan fingerprint density at radius 2 is 2.18 bits per heavy atom. The summed E-state index contributed by atoms with van der Waals surface area (Å²) in [7, 11) is 0. The van der Waals surface area contributed by atoms with E-state index in [4.69, 9.17) is 0 Å². The van der Waals surface area contributed by atoms with E-state index in [-0.39, 0.29) is 16.7 Å². The maximum Gasteiger partial charge on any atom is 0.255 e. The second-order valence-electron chi connectivity index (χ2n) is 4.64. The highest BCUT2D eigenvalue weighted by atomic mass is 79.9. The van der Waals surface area contributed by atoms with Gasteiger partial charge in [-0.3, -0.25) is 4.79 Å². The minimum Gasteiger partial charge on any atom is -0.507 e. The van der Waals surface area contributed by atoms with E-state index in [2.05, 4.69) is 21.2 Å². The van der Waals surface area contributed by atoms with Crippen LogP contribution in [0.2, 0.25) is 0 Å². The van der Waals surface area contributed by atoms with Gasteiger partial charge in [0, 0.05) is 17.9 Å². The number of halogens is 2. The summed E-state index contributed by atoms with van der Waals surface area (Å²) in [4.78, 5) is 11.7. The van der Waals surface area contributed by atoms with Gasteiger partial charge in [0.25, 0.3) is 5.91 Å². The van der Waals surface area contributed by atoms with E-state index in [0.717, 1.165) is 17.5 Å². The molecule has 0 aliphatic heterocycles. The third-order valence-electron chi connectivity index (χ3n) is 2.29. The van der Waals surface area contributed by atoms with Crippen LogP contribution in [0.1, 0.15) is 24.2 Å². The third kappa shape index (κ3) is 4.00. The van der Waals surface area contributed by atoms with Crippen LogP contribution in [0.15, 0.2) is 18.2 Å². The maximum absolute atomic E-state index is 12.7. The van der Waals surface area contributed by atoms with Gasteiger partial charge >= 0.3 is 0 Å². The summed E-state index contributed by atoms with van der Waals surface area (Å²) in [5, 5.41) is 12.9. The van der Waals surface area contributed by atoms with Crippen molar-refractivity contribution in [3.8, 4) is 5.75 Å². The number of hydrogen-bond acceptors (Lipinski definition) is 2. The first kappa shape index (κ1) is 14.0. The summed E-state index contributed by atoms with van der Waals surface area (Å²) >= 11 is 3.35. The van der Waals surface area contributed by atoms with Gasteiger partial charge in [-0.15, -0.1) is 0 Å². The average molecular weight is 304 g/mol. The molecular formula is C12H15BrFNO2. The zero-order chi connectivity index (χ0) is 13.1. The van der Waals surface area contributed by atoms with Crippen LogP contribution in [-0.2, 0) is 0 Å². The van der Waals surface area contributed by atoms with Crippen molar-refractivity contribution in [2.45, 2.75) is 13.8 Å². The molecule has 1 aromatic carbocycles. The predicted octanol–water partition coefficient (Wildman–Crippen LogP) is 2.68. The molecule has 0 unspecified atom stereocenters. The van der Waals surface area contributed by atoms with Crippen molar-refractivity contribution in [1.82, 2.24) is 5.32 Å². The second-order valence-corrected chi connectivity index (χ2v) is 5.20. The number of amides is 1. The molecule has 0 saturated carbocycles. The fraction of sp³-hybridized carbons (Fsp3) is 0.417. The molecule has 0 heterocycles. The van der Waals surface area contributed by atoms with Gasteiger partial charge in [-0.25, -0.2) is 4.39 Å². The van der Waals surface area contributed by atoms with Crippen LogP contribution in [0.5, 0.6) is 5.75 Å². The van der Waals surface area contributed by atoms with E-state index >= 15 is 0 Å². The molecule has 3 nitrogen and oxygen atoms in total. The van der Waals surface area contributed by atoms with Gasteiger partial charge in [0.05, 0.1) is 5.56 Å². The fourth-order valence-electron chi connectivity index (χ4n) is 1.16. The van der Waals surface area contributed by atoms with Gasteiger partial charge in [0.2, 0.25) is 0 Å². The predicted molar refractivity (Wildman–Crippen MR) is 68.0 cm³/mol. The van der Waals surface area contributed by atoms with Gasteiger partial charge in [0.1, 0.15) is 11.6 Å². The lowest BCUT2D eigenvalue weighted by molar-refractivity contribution is 0.0937. The molecule has 0 aliphatic carbocycles. The Morgan fingerprint density at radius 3 is 2.71 bits per heavy atom. The fourth-order valence-corrected chi connectivity index (χ4v) is 1.36. The summed E-state index contributed by atoms with van der Waals surface area (Å²) < 4.78 is 12.7. The first-order chi connectivity index (χ1) is 7.85. The van der Waals surface area contributed by atoms with E-state index in [0.29, 0.717) is 6.54 Å². The Hall–Kier alpha value is -1.10. The van der Waals surface area contributed by atoms with Crippen LogP contribution in [0.25, 0.3) is 0 Å². The summed E-state index contributed by atoms with van der Waals surface area (Å²) in [5.41, 5.74) is 0.00228. The molecule has 0 spiro atoms. The first-order valence-electron chi connectivity index (χ1n) is 5.18. The SMILES string of the molecule is CC(C)(CBr)CNC(=O)c1ccc(F)cc1O. The molecule has 0 bridgehead atoms. The molecule has 2 N–H and O–H groups in total. The van der Waals surface area contributed by atoms with Gasteiger partial charge in [0.15, 0.2) is 0 Å². The number of aromatic hydroxyl groups is 1. The molecular weight excluding hydrogens is 289 g/mol. The maximum atomic E-state index is 12.7. The molecule has 5 heteroatoms. The van der Waals surface area contributed by atoms with Crippen molar-refractivity contribution < 1.29 is 14.3 Å². The molecule has 1 rings (SSSR count). The Morgan fingerprint density at radius 1 is 1.53 bits per heavy atom. The van der Waals surface area contributed by atoms with Gasteiger partial charge in [-0.1, -0.05) is 29.8 Å². The van der Waals surface area contributed by atoms with Gasteiger partial charge < -0.3 is 10.4 Å². The molecule has 0 saturated heterocycles. The minimum absolute atomic E-state index is 0.0781. The number of hydrogen-bond donors (Lipinski definition) is 2. The summed E-state index contributed by atoms with van der Waals surface area (Å²) in [6.07, 6.45) is 0. The van der Waals surface area contributed by atoms with E-state index in [1.807, 2.05) is 13.8 Å². The number of nitrogens with one attached hydrogen (secondary N) is 1. The Bertz CT molecular complexity index is 421. The highest BCUT2D eigenvalue weighted by Crippen LogP contribution is 2.19. The number of phenols is 1. The molecule has 0 atom stereocenters. The standard InChI is InChI=1S/C12H15BrFNO2/c1-12(2,6-13)7-15-11(17)9-4-3-8(14)5-10(9)16/h3-5,16H,6-7H2,1-2H3,(H,15,17). The number of benzene rings is 1. The smallest absolute Gasteiger partial charge is 0.255 e. The van der Waals surface area contributed by atoms with Crippen LogP contribution in [-0.4, -0.2) is 22.9 Å². The van der Waals surface area contributed by atoms with Crippen LogP contribution in [0.4, 0.5) is 4.39 Å².